The van der Waals surface area contributed by atoms with Crippen LogP contribution in [0.4, 0.5) is 10.6 Å². The first-order chi connectivity index (χ1) is 8.58. The molecule has 98 valence electrons. The number of H-pyrrole nitrogens is 1. The van der Waals surface area contributed by atoms with Crippen LogP contribution in [0.5, 0.6) is 0 Å². The second-order valence-electron chi connectivity index (χ2n) is 4.54. The molecule has 7 nitrogen and oxygen atoms in total. The maximum Gasteiger partial charge on any atom is 0.314 e. The van der Waals surface area contributed by atoms with Gasteiger partial charge < -0.3 is 16.0 Å². The van der Waals surface area contributed by atoms with E-state index in [2.05, 4.69) is 15.5 Å². The molecular formula is C11H17N5O2. The minimum Gasteiger partial charge on any atom is -0.351 e. The average Bonchev–Trinajstić information content (AvgIpc) is 2.75. The lowest BCUT2D eigenvalue weighted by molar-refractivity contribution is -0.121. The van der Waals surface area contributed by atoms with Crippen molar-refractivity contribution in [3.8, 4) is 0 Å². The number of piperidine rings is 1. The van der Waals surface area contributed by atoms with E-state index < -0.39 is 6.03 Å². The van der Waals surface area contributed by atoms with Crippen molar-refractivity contribution in [2.24, 2.45) is 11.7 Å². The van der Waals surface area contributed by atoms with Gasteiger partial charge in [0, 0.05) is 18.7 Å². The van der Waals surface area contributed by atoms with Crippen LogP contribution >= 0.6 is 0 Å². The van der Waals surface area contributed by atoms with Gasteiger partial charge in [0.15, 0.2) is 0 Å². The minimum absolute atomic E-state index is 0.103. The summed E-state index contributed by atoms with van der Waals surface area (Å²) in [6, 6.07) is -0.467. The number of carbonyl (C=O) groups is 2. The van der Waals surface area contributed by atoms with Gasteiger partial charge in [-0.1, -0.05) is 0 Å². The van der Waals surface area contributed by atoms with Gasteiger partial charge in [-0.2, -0.15) is 5.10 Å². The first-order valence-corrected chi connectivity index (χ1v) is 5.93. The normalized spacial score (nSPS) is 19.6. The van der Waals surface area contributed by atoms with Crippen LogP contribution < -0.4 is 11.1 Å². The number of nitrogens with zero attached hydrogens (tertiary/aromatic N) is 2. The van der Waals surface area contributed by atoms with Crippen molar-refractivity contribution in [3.63, 3.8) is 0 Å². The number of nitrogens with two attached hydrogens (primary N) is 1. The zero-order chi connectivity index (χ0) is 13.1. The van der Waals surface area contributed by atoms with Crippen molar-refractivity contribution in [1.82, 2.24) is 15.1 Å². The molecule has 18 heavy (non-hydrogen) atoms. The lowest BCUT2D eigenvalue weighted by Crippen LogP contribution is -2.46. The second-order valence-corrected chi connectivity index (χ2v) is 4.54. The van der Waals surface area contributed by atoms with Gasteiger partial charge in [-0.15, -0.1) is 0 Å². The van der Waals surface area contributed by atoms with Crippen molar-refractivity contribution in [1.29, 1.82) is 0 Å². The summed E-state index contributed by atoms with van der Waals surface area (Å²) in [5, 5.41) is 9.34. The summed E-state index contributed by atoms with van der Waals surface area (Å²) in [7, 11) is 0. The SMILES string of the molecule is Cc1cn[nH]c1NC(=O)C1CCCN(C(N)=O)C1. The van der Waals surface area contributed by atoms with Crippen LogP contribution in [0.1, 0.15) is 18.4 Å². The molecule has 0 radical (unpaired) electrons. The highest BCUT2D eigenvalue weighted by molar-refractivity contribution is 5.92. The van der Waals surface area contributed by atoms with Gasteiger partial charge in [0.05, 0.1) is 12.1 Å². The Hall–Kier alpha value is -2.05. The predicted octanol–water partition coefficient (Wildman–Crippen LogP) is 0.447. The quantitative estimate of drug-likeness (QED) is 0.710. The van der Waals surface area contributed by atoms with Crippen LogP contribution in [-0.4, -0.2) is 40.1 Å². The van der Waals surface area contributed by atoms with Crippen molar-refractivity contribution < 1.29 is 9.59 Å². The van der Waals surface area contributed by atoms with E-state index in [9.17, 15) is 9.59 Å². The lowest BCUT2D eigenvalue weighted by Gasteiger charge is -2.30. The Morgan fingerprint density at radius 1 is 1.61 bits per heavy atom. The van der Waals surface area contributed by atoms with Crippen molar-refractivity contribution in [2.75, 3.05) is 18.4 Å². The number of hydrogen-bond acceptors (Lipinski definition) is 3. The van der Waals surface area contributed by atoms with E-state index >= 15 is 0 Å². The Morgan fingerprint density at radius 3 is 3.00 bits per heavy atom. The van der Waals surface area contributed by atoms with E-state index in [0.29, 0.717) is 18.9 Å². The van der Waals surface area contributed by atoms with E-state index in [0.717, 1.165) is 18.4 Å². The summed E-state index contributed by atoms with van der Waals surface area (Å²) >= 11 is 0. The van der Waals surface area contributed by atoms with E-state index in [1.54, 1.807) is 6.20 Å². The summed E-state index contributed by atoms with van der Waals surface area (Å²) in [5.41, 5.74) is 6.11. The number of amides is 3. The zero-order valence-corrected chi connectivity index (χ0v) is 10.3. The molecule has 3 amide bonds. The van der Waals surface area contributed by atoms with E-state index in [-0.39, 0.29) is 11.8 Å². The first kappa shape index (κ1) is 12.4. The number of likely N-dealkylation sites (tertiary alicyclic amines) is 1. The van der Waals surface area contributed by atoms with E-state index in [4.69, 9.17) is 5.73 Å². The van der Waals surface area contributed by atoms with Crippen LogP contribution in [0.2, 0.25) is 0 Å². The fourth-order valence-electron chi connectivity index (χ4n) is 2.09. The molecule has 0 bridgehead atoms. The summed E-state index contributed by atoms with van der Waals surface area (Å²) < 4.78 is 0. The Kier molecular flexibility index (Phi) is 3.50. The molecule has 0 spiro atoms. The highest BCUT2D eigenvalue weighted by Crippen LogP contribution is 2.18. The smallest absolute Gasteiger partial charge is 0.314 e. The molecule has 1 atom stereocenters. The third-order valence-corrected chi connectivity index (χ3v) is 3.18. The largest absolute Gasteiger partial charge is 0.351 e. The molecule has 0 saturated carbocycles. The monoisotopic (exact) mass is 251 g/mol. The number of hydrogen-bond donors (Lipinski definition) is 3. The Balaban J connectivity index is 1.97. The van der Waals surface area contributed by atoms with Gasteiger partial charge in [0.1, 0.15) is 5.82 Å². The molecule has 4 N–H and O–H groups in total. The van der Waals surface area contributed by atoms with Crippen LogP contribution in [0, 0.1) is 12.8 Å². The molecule has 2 rings (SSSR count). The van der Waals surface area contributed by atoms with Gasteiger partial charge in [-0.05, 0) is 19.8 Å². The number of carbonyl (C=O) groups excluding carboxylic acids is 2. The van der Waals surface area contributed by atoms with E-state index in [1.807, 2.05) is 6.92 Å². The number of anilines is 1. The summed E-state index contributed by atoms with van der Waals surface area (Å²) in [5.74, 6) is 0.290. The first-order valence-electron chi connectivity index (χ1n) is 5.93. The van der Waals surface area contributed by atoms with Gasteiger partial charge in [0.25, 0.3) is 0 Å². The standard InChI is InChI=1S/C11H17N5O2/c1-7-5-13-15-9(7)14-10(17)8-3-2-4-16(6-8)11(12)18/h5,8H,2-4,6H2,1H3,(H2,12,18)(H2,13,14,15,17). The Bertz CT molecular complexity index is 456. The number of nitrogens with one attached hydrogen (secondary N) is 2. The molecule has 1 saturated heterocycles. The number of rotatable bonds is 2. The molecule has 1 fully saturated rings. The summed E-state index contributed by atoms with van der Waals surface area (Å²) in [4.78, 5) is 24.6. The van der Waals surface area contributed by atoms with Crippen LogP contribution in [0.15, 0.2) is 6.20 Å². The highest BCUT2D eigenvalue weighted by Gasteiger charge is 2.27. The number of aromatic amines is 1. The van der Waals surface area contributed by atoms with Crippen LogP contribution in [-0.2, 0) is 4.79 Å². The molecule has 1 aromatic heterocycles. The zero-order valence-electron chi connectivity index (χ0n) is 10.3. The third-order valence-electron chi connectivity index (χ3n) is 3.18. The molecular weight excluding hydrogens is 234 g/mol. The third kappa shape index (κ3) is 2.61. The van der Waals surface area contributed by atoms with Crippen LogP contribution in [0.25, 0.3) is 0 Å². The Morgan fingerprint density at radius 2 is 2.39 bits per heavy atom. The van der Waals surface area contributed by atoms with Gasteiger partial charge in [-0.25, -0.2) is 4.79 Å². The van der Waals surface area contributed by atoms with Crippen molar-refractivity contribution >= 4 is 17.8 Å². The molecule has 1 aromatic rings. The second kappa shape index (κ2) is 5.07. The maximum absolute atomic E-state index is 12.0. The molecule has 0 aliphatic carbocycles. The van der Waals surface area contributed by atoms with Crippen molar-refractivity contribution in [3.05, 3.63) is 11.8 Å². The number of primary amides is 1. The average molecular weight is 251 g/mol. The topological polar surface area (TPSA) is 104 Å². The molecule has 1 aliphatic heterocycles. The maximum atomic E-state index is 12.0. The van der Waals surface area contributed by atoms with Gasteiger partial charge in [0.2, 0.25) is 5.91 Å². The lowest BCUT2D eigenvalue weighted by atomic mass is 9.97. The van der Waals surface area contributed by atoms with E-state index in [1.165, 1.54) is 4.90 Å². The highest BCUT2D eigenvalue weighted by atomic mass is 16.2. The predicted molar refractivity (Wildman–Crippen MR) is 65.8 cm³/mol. The van der Waals surface area contributed by atoms with Crippen LogP contribution in [0.3, 0.4) is 0 Å². The summed E-state index contributed by atoms with van der Waals surface area (Å²) in [6.45, 7) is 2.87. The van der Waals surface area contributed by atoms with Gasteiger partial charge >= 0.3 is 6.03 Å². The Labute approximate surface area is 105 Å². The van der Waals surface area contributed by atoms with Crippen molar-refractivity contribution in [2.45, 2.75) is 19.8 Å². The minimum atomic E-state index is -0.467. The summed E-state index contributed by atoms with van der Waals surface area (Å²) in [6.07, 6.45) is 3.21. The molecule has 0 aromatic carbocycles. The fourth-order valence-corrected chi connectivity index (χ4v) is 2.09. The fraction of sp³-hybridized carbons (Fsp3) is 0.545. The molecule has 1 aliphatic rings. The number of aryl methyl sites for hydroxylation is 1. The molecule has 1 unspecified atom stereocenters. The number of aromatic nitrogens is 2. The van der Waals surface area contributed by atoms with Gasteiger partial charge in [-0.3, -0.25) is 9.89 Å². The number of urea groups is 1. The molecule has 2 heterocycles. The molecule has 7 heteroatoms.